The third-order valence-corrected chi connectivity index (χ3v) is 3.10. The second-order valence-electron chi connectivity index (χ2n) is 5.32. The second-order valence-corrected chi connectivity index (χ2v) is 5.32. The molecule has 0 aliphatic carbocycles. The summed E-state index contributed by atoms with van der Waals surface area (Å²) in [5.74, 6) is 0.164. The molecule has 0 aromatic rings. The smallest absolute Gasteiger partial charge is 0.222 e. The van der Waals surface area contributed by atoms with Gasteiger partial charge in [0, 0.05) is 26.6 Å². The summed E-state index contributed by atoms with van der Waals surface area (Å²) in [6, 6.07) is 0. The molecule has 0 saturated heterocycles. The number of amides is 1. The van der Waals surface area contributed by atoms with Crippen LogP contribution in [0.2, 0.25) is 0 Å². The van der Waals surface area contributed by atoms with Crippen LogP contribution in [0.1, 0.15) is 33.1 Å². The summed E-state index contributed by atoms with van der Waals surface area (Å²) in [4.78, 5) is 13.9. The van der Waals surface area contributed by atoms with Gasteiger partial charge in [-0.05, 0) is 24.8 Å². The number of nitrogens with zero attached hydrogens (tertiary/aromatic N) is 1. The molecule has 1 amide bonds. The highest BCUT2D eigenvalue weighted by Gasteiger charge is 2.20. The zero-order valence-corrected chi connectivity index (χ0v) is 12.1. The molecule has 4 nitrogen and oxygen atoms in total. The molecule has 4 heteroatoms. The van der Waals surface area contributed by atoms with E-state index in [1.165, 1.54) is 0 Å². The Bertz CT molecular complexity index is 252. The quantitative estimate of drug-likeness (QED) is 0.606. The van der Waals surface area contributed by atoms with Crippen LogP contribution >= 0.6 is 0 Å². The molecule has 0 heterocycles. The first kappa shape index (κ1) is 17.1. The molecule has 0 aromatic heterocycles. The number of rotatable bonds is 10. The number of hydrogen-bond donors (Lipinski definition) is 1. The Morgan fingerprint density at radius 1 is 1.44 bits per heavy atom. The molecule has 106 valence electrons. The molecule has 0 aliphatic rings. The third-order valence-electron chi connectivity index (χ3n) is 3.10. The molecule has 18 heavy (non-hydrogen) atoms. The van der Waals surface area contributed by atoms with Crippen molar-refractivity contribution in [2.24, 2.45) is 11.1 Å². The molecule has 0 aromatic carbocycles. The first-order valence-electron chi connectivity index (χ1n) is 6.54. The summed E-state index contributed by atoms with van der Waals surface area (Å²) in [5.41, 5.74) is 5.70. The maximum atomic E-state index is 12.1. The first-order chi connectivity index (χ1) is 8.46. The third kappa shape index (κ3) is 7.45. The average Bonchev–Trinajstić information content (AvgIpc) is 2.31. The Balaban J connectivity index is 4.20. The van der Waals surface area contributed by atoms with Gasteiger partial charge in [-0.25, -0.2) is 0 Å². The highest BCUT2D eigenvalue weighted by Crippen LogP contribution is 2.26. The van der Waals surface area contributed by atoms with Gasteiger partial charge in [0.2, 0.25) is 5.91 Å². The van der Waals surface area contributed by atoms with E-state index >= 15 is 0 Å². The lowest BCUT2D eigenvalue weighted by Crippen LogP contribution is -2.34. The minimum absolute atomic E-state index is 0.130. The van der Waals surface area contributed by atoms with Gasteiger partial charge in [-0.1, -0.05) is 19.9 Å². The second kappa shape index (κ2) is 9.11. The Labute approximate surface area is 111 Å². The highest BCUT2D eigenvalue weighted by atomic mass is 16.5. The normalized spacial score (nSPS) is 11.3. The molecule has 0 atom stereocenters. The Hall–Kier alpha value is -0.870. The molecule has 0 saturated carbocycles. The van der Waals surface area contributed by atoms with E-state index in [0.29, 0.717) is 32.7 Å². The zero-order valence-electron chi connectivity index (χ0n) is 12.1. The van der Waals surface area contributed by atoms with Crippen molar-refractivity contribution >= 4 is 5.91 Å². The number of ether oxygens (including phenoxy) is 1. The predicted molar refractivity (Wildman–Crippen MR) is 75.3 cm³/mol. The van der Waals surface area contributed by atoms with Crippen molar-refractivity contribution in [1.82, 2.24) is 4.90 Å². The van der Waals surface area contributed by atoms with Gasteiger partial charge in [-0.3, -0.25) is 4.79 Å². The predicted octanol–water partition coefficient (Wildman–Crippen LogP) is 1.80. The molecule has 0 bridgehead atoms. The van der Waals surface area contributed by atoms with Gasteiger partial charge in [-0.2, -0.15) is 0 Å². The number of carbonyl (C=O) groups excluding carboxylic acids is 1. The van der Waals surface area contributed by atoms with Gasteiger partial charge in [0.15, 0.2) is 0 Å². The Morgan fingerprint density at radius 3 is 2.61 bits per heavy atom. The van der Waals surface area contributed by atoms with E-state index in [1.54, 1.807) is 18.1 Å². The van der Waals surface area contributed by atoms with Crippen molar-refractivity contribution in [2.75, 3.05) is 33.4 Å². The van der Waals surface area contributed by atoms with Crippen LogP contribution in [0.3, 0.4) is 0 Å². The SMILES string of the molecule is C=CCN(CCOC)C(=O)CCC(C)(C)CCN. The molecular formula is C14H28N2O2. The van der Waals surface area contributed by atoms with Crippen LogP contribution in [0, 0.1) is 5.41 Å². The average molecular weight is 256 g/mol. The summed E-state index contributed by atoms with van der Waals surface area (Å²) in [6.45, 7) is 10.4. The van der Waals surface area contributed by atoms with Crippen LogP contribution in [-0.2, 0) is 9.53 Å². The van der Waals surface area contributed by atoms with Crippen LogP contribution in [0.5, 0.6) is 0 Å². The first-order valence-corrected chi connectivity index (χ1v) is 6.54. The summed E-state index contributed by atoms with van der Waals surface area (Å²) in [6.07, 6.45) is 4.12. The maximum Gasteiger partial charge on any atom is 0.222 e. The van der Waals surface area contributed by atoms with Gasteiger partial charge in [0.05, 0.1) is 6.61 Å². The van der Waals surface area contributed by atoms with E-state index in [1.807, 2.05) is 0 Å². The van der Waals surface area contributed by atoms with E-state index in [0.717, 1.165) is 12.8 Å². The van der Waals surface area contributed by atoms with E-state index in [2.05, 4.69) is 20.4 Å². The standard InChI is InChI=1S/C14H28N2O2/c1-5-10-16(11-12-18-4)13(17)6-7-14(2,3)8-9-15/h5H,1,6-12,15H2,2-4H3. The number of carbonyl (C=O) groups is 1. The van der Waals surface area contributed by atoms with Crippen LogP contribution in [0.25, 0.3) is 0 Å². The largest absolute Gasteiger partial charge is 0.383 e. The fourth-order valence-corrected chi connectivity index (χ4v) is 1.79. The van der Waals surface area contributed by atoms with E-state index in [9.17, 15) is 4.79 Å². The number of hydrogen-bond acceptors (Lipinski definition) is 3. The zero-order chi connectivity index (χ0) is 14.0. The number of nitrogens with two attached hydrogens (primary N) is 1. The van der Waals surface area contributed by atoms with E-state index in [-0.39, 0.29) is 11.3 Å². The highest BCUT2D eigenvalue weighted by molar-refractivity contribution is 5.76. The molecule has 0 aliphatic heterocycles. The lowest BCUT2D eigenvalue weighted by atomic mass is 9.84. The Kier molecular flexibility index (Phi) is 8.67. The molecule has 0 fully saturated rings. The fourth-order valence-electron chi connectivity index (χ4n) is 1.79. The number of methoxy groups -OCH3 is 1. The molecule has 0 unspecified atom stereocenters. The van der Waals surface area contributed by atoms with Gasteiger partial charge < -0.3 is 15.4 Å². The van der Waals surface area contributed by atoms with Gasteiger partial charge >= 0.3 is 0 Å². The van der Waals surface area contributed by atoms with Crippen molar-refractivity contribution < 1.29 is 9.53 Å². The molecule has 0 rings (SSSR count). The van der Waals surface area contributed by atoms with E-state index < -0.39 is 0 Å². The van der Waals surface area contributed by atoms with Crippen molar-refractivity contribution in [3.8, 4) is 0 Å². The van der Waals surface area contributed by atoms with Crippen LogP contribution < -0.4 is 5.73 Å². The van der Waals surface area contributed by atoms with Crippen molar-refractivity contribution in [2.45, 2.75) is 33.1 Å². The summed E-state index contributed by atoms with van der Waals surface area (Å²) in [5, 5.41) is 0. The van der Waals surface area contributed by atoms with Crippen LogP contribution in [0.4, 0.5) is 0 Å². The van der Waals surface area contributed by atoms with Gasteiger partial charge in [0.25, 0.3) is 0 Å². The lowest BCUT2D eigenvalue weighted by Gasteiger charge is -2.26. The summed E-state index contributed by atoms with van der Waals surface area (Å²) < 4.78 is 5.01. The van der Waals surface area contributed by atoms with Crippen LogP contribution in [0.15, 0.2) is 12.7 Å². The Morgan fingerprint density at radius 2 is 2.11 bits per heavy atom. The molecule has 0 radical (unpaired) electrons. The fraction of sp³-hybridized carbons (Fsp3) is 0.786. The van der Waals surface area contributed by atoms with Crippen molar-refractivity contribution in [3.05, 3.63) is 12.7 Å². The van der Waals surface area contributed by atoms with E-state index in [4.69, 9.17) is 10.5 Å². The monoisotopic (exact) mass is 256 g/mol. The van der Waals surface area contributed by atoms with Crippen LogP contribution in [-0.4, -0.2) is 44.2 Å². The minimum atomic E-state index is 0.130. The lowest BCUT2D eigenvalue weighted by molar-refractivity contribution is -0.131. The maximum absolute atomic E-state index is 12.1. The topological polar surface area (TPSA) is 55.6 Å². The molecule has 0 spiro atoms. The van der Waals surface area contributed by atoms with Gasteiger partial charge in [0.1, 0.15) is 0 Å². The summed E-state index contributed by atoms with van der Waals surface area (Å²) in [7, 11) is 1.64. The van der Waals surface area contributed by atoms with Crippen molar-refractivity contribution in [3.63, 3.8) is 0 Å². The van der Waals surface area contributed by atoms with Gasteiger partial charge in [-0.15, -0.1) is 6.58 Å². The summed E-state index contributed by atoms with van der Waals surface area (Å²) >= 11 is 0. The minimum Gasteiger partial charge on any atom is -0.383 e. The molecular weight excluding hydrogens is 228 g/mol. The molecule has 2 N–H and O–H groups in total. The van der Waals surface area contributed by atoms with Crippen molar-refractivity contribution in [1.29, 1.82) is 0 Å².